The predicted molar refractivity (Wildman–Crippen MR) is 71.0 cm³/mol. The van der Waals surface area contributed by atoms with Gasteiger partial charge in [-0.05, 0) is 12.8 Å². The number of hydrogen-bond acceptors (Lipinski definition) is 3. The van der Waals surface area contributed by atoms with E-state index in [1.165, 1.54) is 6.92 Å². The summed E-state index contributed by atoms with van der Waals surface area (Å²) in [5.74, 6) is 0.00929. The minimum absolute atomic E-state index is 0.0148. The van der Waals surface area contributed by atoms with Gasteiger partial charge < -0.3 is 15.7 Å². The molecule has 0 aromatic rings. The first-order valence-corrected chi connectivity index (χ1v) is 6.49. The molecule has 0 bridgehead atoms. The molecule has 2 amide bonds. The zero-order chi connectivity index (χ0) is 14.0. The zero-order valence-electron chi connectivity index (χ0n) is 11.7. The third kappa shape index (κ3) is 10.1. The van der Waals surface area contributed by atoms with Gasteiger partial charge in [-0.25, -0.2) is 0 Å². The summed E-state index contributed by atoms with van der Waals surface area (Å²) in [4.78, 5) is 22.1. The van der Waals surface area contributed by atoms with E-state index < -0.39 is 0 Å². The quantitative estimate of drug-likeness (QED) is 0.536. The van der Waals surface area contributed by atoms with Gasteiger partial charge in [-0.15, -0.1) is 0 Å². The molecule has 0 aliphatic rings. The Labute approximate surface area is 109 Å². The fourth-order valence-electron chi connectivity index (χ4n) is 1.33. The molecular formula is C13H26N2O3. The van der Waals surface area contributed by atoms with Crippen LogP contribution in [0.4, 0.5) is 0 Å². The number of unbranched alkanes of at least 4 members (excludes halogenated alkanes) is 2. The van der Waals surface area contributed by atoms with Gasteiger partial charge in [0, 0.05) is 38.5 Å². The summed E-state index contributed by atoms with van der Waals surface area (Å²) in [5.41, 5.74) is -0.263. The first kappa shape index (κ1) is 16.9. The SMILES string of the molecule is CC(=O)NCCCCCC(=O)NCC(C)(C)CO. The fourth-order valence-corrected chi connectivity index (χ4v) is 1.33. The molecule has 0 heterocycles. The molecule has 5 nitrogen and oxygen atoms in total. The highest BCUT2D eigenvalue weighted by Gasteiger charge is 2.16. The number of aliphatic hydroxyl groups excluding tert-OH is 1. The van der Waals surface area contributed by atoms with Crippen LogP contribution in [0, 0.1) is 5.41 Å². The lowest BCUT2D eigenvalue weighted by molar-refractivity contribution is -0.122. The Morgan fingerprint density at radius 1 is 1.11 bits per heavy atom. The van der Waals surface area contributed by atoms with Crippen LogP contribution in [-0.2, 0) is 9.59 Å². The minimum atomic E-state index is -0.263. The van der Waals surface area contributed by atoms with Gasteiger partial charge in [-0.2, -0.15) is 0 Å². The van der Waals surface area contributed by atoms with E-state index in [4.69, 9.17) is 5.11 Å². The normalized spacial score (nSPS) is 11.1. The Bertz CT molecular complexity index is 265. The number of hydrogen-bond donors (Lipinski definition) is 3. The van der Waals surface area contributed by atoms with Crippen LogP contribution >= 0.6 is 0 Å². The molecule has 0 radical (unpaired) electrons. The van der Waals surface area contributed by atoms with Crippen molar-refractivity contribution >= 4 is 11.8 Å². The molecular weight excluding hydrogens is 232 g/mol. The average Bonchev–Trinajstić information content (AvgIpc) is 2.31. The van der Waals surface area contributed by atoms with Crippen molar-refractivity contribution in [2.45, 2.75) is 46.5 Å². The summed E-state index contributed by atoms with van der Waals surface area (Å²) in [7, 11) is 0. The van der Waals surface area contributed by atoms with E-state index in [0.29, 0.717) is 19.5 Å². The molecule has 0 aromatic carbocycles. The van der Waals surface area contributed by atoms with Crippen molar-refractivity contribution in [3.05, 3.63) is 0 Å². The maximum Gasteiger partial charge on any atom is 0.220 e. The molecule has 106 valence electrons. The smallest absolute Gasteiger partial charge is 0.220 e. The van der Waals surface area contributed by atoms with Crippen molar-refractivity contribution < 1.29 is 14.7 Å². The lowest BCUT2D eigenvalue weighted by atomic mass is 9.95. The molecule has 0 aliphatic heterocycles. The Balaban J connectivity index is 3.46. The van der Waals surface area contributed by atoms with Gasteiger partial charge in [-0.3, -0.25) is 9.59 Å². The van der Waals surface area contributed by atoms with Gasteiger partial charge in [0.2, 0.25) is 11.8 Å². The van der Waals surface area contributed by atoms with E-state index in [9.17, 15) is 9.59 Å². The van der Waals surface area contributed by atoms with Gasteiger partial charge in [0.05, 0.1) is 0 Å². The number of amides is 2. The van der Waals surface area contributed by atoms with Gasteiger partial charge >= 0.3 is 0 Å². The molecule has 0 saturated heterocycles. The van der Waals surface area contributed by atoms with E-state index in [1.54, 1.807) is 0 Å². The third-order valence-corrected chi connectivity index (χ3v) is 2.65. The van der Waals surface area contributed by atoms with Crippen molar-refractivity contribution in [2.75, 3.05) is 19.7 Å². The molecule has 18 heavy (non-hydrogen) atoms. The molecule has 0 atom stereocenters. The summed E-state index contributed by atoms with van der Waals surface area (Å²) in [6.07, 6.45) is 3.15. The van der Waals surface area contributed by atoms with Crippen LogP contribution in [0.2, 0.25) is 0 Å². The lowest BCUT2D eigenvalue weighted by Crippen LogP contribution is -2.35. The minimum Gasteiger partial charge on any atom is -0.396 e. The van der Waals surface area contributed by atoms with Crippen LogP contribution in [0.5, 0.6) is 0 Å². The fraction of sp³-hybridized carbons (Fsp3) is 0.846. The highest BCUT2D eigenvalue weighted by atomic mass is 16.3. The van der Waals surface area contributed by atoms with Crippen LogP contribution in [0.25, 0.3) is 0 Å². The molecule has 0 aliphatic carbocycles. The summed E-state index contributed by atoms with van der Waals surface area (Å²) in [5, 5.41) is 14.6. The first-order chi connectivity index (χ1) is 8.37. The van der Waals surface area contributed by atoms with Gasteiger partial charge in [0.1, 0.15) is 0 Å². The predicted octanol–water partition coefficient (Wildman–Crippen LogP) is 0.818. The van der Waals surface area contributed by atoms with Crippen LogP contribution in [-0.4, -0.2) is 36.6 Å². The second-order valence-corrected chi connectivity index (χ2v) is 5.39. The van der Waals surface area contributed by atoms with Crippen molar-refractivity contribution in [1.29, 1.82) is 0 Å². The molecule has 3 N–H and O–H groups in total. The molecule has 0 saturated carbocycles. The van der Waals surface area contributed by atoms with Gasteiger partial charge in [0.25, 0.3) is 0 Å². The summed E-state index contributed by atoms with van der Waals surface area (Å²) in [6.45, 7) is 6.53. The first-order valence-electron chi connectivity index (χ1n) is 6.49. The summed E-state index contributed by atoms with van der Waals surface area (Å²) in [6, 6.07) is 0. The summed E-state index contributed by atoms with van der Waals surface area (Å²) < 4.78 is 0. The maximum absolute atomic E-state index is 11.5. The molecule has 0 rings (SSSR count). The molecule has 0 spiro atoms. The van der Waals surface area contributed by atoms with E-state index in [0.717, 1.165) is 19.3 Å². The van der Waals surface area contributed by atoms with Crippen LogP contribution in [0.1, 0.15) is 46.5 Å². The Kier molecular flexibility index (Phi) is 8.37. The second kappa shape index (κ2) is 8.91. The van der Waals surface area contributed by atoms with Crippen LogP contribution in [0.3, 0.4) is 0 Å². The maximum atomic E-state index is 11.5. The molecule has 0 fully saturated rings. The topological polar surface area (TPSA) is 78.4 Å². The molecule has 0 aromatic heterocycles. The van der Waals surface area contributed by atoms with E-state index >= 15 is 0 Å². The van der Waals surface area contributed by atoms with E-state index in [-0.39, 0.29) is 23.8 Å². The van der Waals surface area contributed by atoms with E-state index in [1.807, 2.05) is 13.8 Å². The summed E-state index contributed by atoms with van der Waals surface area (Å²) >= 11 is 0. The number of carbonyl (C=O) groups is 2. The van der Waals surface area contributed by atoms with Crippen molar-refractivity contribution in [3.63, 3.8) is 0 Å². The van der Waals surface area contributed by atoms with Crippen LogP contribution < -0.4 is 10.6 Å². The zero-order valence-corrected chi connectivity index (χ0v) is 11.7. The number of rotatable bonds is 9. The molecule has 0 unspecified atom stereocenters. The van der Waals surface area contributed by atoms with Gasteiger partial charge in [-0.1, -0.05) is 20.3 Å². The number of carbonyl (C=O) groups excluding carboxylic acids is 2. The Hall–Kier alpha value is -1.10. The van der Waals surface area contributed by atoms with Crippen molar-refractivity contribution in [1.82, 2.24) is 10.6 Å². The Morgan fingerprint density at radius 3 is 2.33 bits per heavy atom. The monoisotopic (exact) mass is 258 g/mol. The highest BCUT2D eigenvalue weighted by molar-refractivity contribution is 5.75. The highest BCUT2D eigenvalue weighted by Crippen LogP contribution is 2.11. The van der Waals surface area contributed by atoms with Crippen molar-refractivity contribution in [2.24, 2.45) is 5.41 Å². The largest absolute Gasteiger partial charge is 0.396 e. The number of nitrogens with one attached hydrogen (secondary N) is 2. The molecule has 5 heteroatoms. The average molecular weight is 258 g/mol. The van der Waals surface area contributed by atoms with Crippen molar-refractivity contribution in [3.8, 4) is 0 Å². The third-order valence-electron chi connectivity index (χ3n) is 2.65. The standard InChI is InChI=1S/C13H26N2O3/c1-11(17)14-8-6-4-5-7-12(18)15-9-13(2,3)10-16/h16H,4-10H2,1-3H3,(H,14,17)(H,15,18). The lowest BCUT2D eigenvalue weighted by Gasteiger charge is -2.21. The number of aliphatic hydroxyl groups is 1. The Morgan fingerprint density at radius 2 is 1.78 bits per heavy atom. The van der Waals surface area contributed by atoms with E-state index in [2.05, 4.69) is 10.6 Å². The van der Waals surface area contributed by atoms with Gasteiger partial charge in [0.15, 0.2) is 0 Å². The second-order valence-electron chi connectivity index (χ2n) is 5.39. The van der Waals surface area contributed by atoms with Crippen LogP contribution in [0.15, 0.2) is 0 Å².